The molecule has 8 heteroatoms. The maximum Gasteiger partial charge on any atom is 0.325 e. The first-order chi connectivity index (χ1) is 15.0. The van der Waals surface area contributed by atoms with Gasteiger partial charge in [-0.15, -0.1) is 0 Å². The van der Waals surface area contributed by atoms with Gasteiger partial charge < -0.3 is 15.4 Å². The van der Waals surface area contributed by atoms with Gasteiger partial charge in [-0.3, -0.25) is 19.3 Å². The Morgan fingerprint density at radius 2 is 1.68 bits per heavy atom. The molecule has 1 aliphatic heterocycles. The van der Waals surface area contributed by atoms with Crippen molar-refractivity contribution in [3.63, 3.8) is 0 Å². The number of rotatable bonds is 9. The summed E-state index contributed by atoms with van der Waals surface area (Å²) in [5.74, 6) is -1.31. The van der Waals surface area contributed by atoms with E-state index in [-0.39, 0.29) is 25.4 Å². The quantitative estimate of drug-likeness (QED) is 0.363. The van der Waals surface area contributed by atoms with E-state index >= 15 is 0 Å². The van der Waals surface area contributed by atoms with Gasteiger partial charge in [0, 0.05) is 19.4 Å². The normalized spacial score (nSPS) is 17.9. The van der Waals surface area contributed by atoms with E-state index in [0.717, 1.165) is 10.5 Å². The summed E-state index contributed by atoms with van der Waals surface area (Å²) in [7, 11) is 1.30. The number of carbonyl (C=O) groups is 4. The molecule has 4 amide bonds. The number of methoxy groups -OCH3 is 1. The standard InChI is InChI=1S/C23H25N3O5/c1-31-20(28)13-8-14-24-19(27)16-26-21(29)23(25-22(26)30,18-11-6-3-7-12-18)15-17-9-4-2-5-10-17/h2-7,9-12H,8,13-16H2,1H3,(H,24,27)(H,25,30)/t23-/m1/s1. The Bertz CT molecular complexity index is 948. The topological polar surface area (TPSA) is 105 Å². The average molecular weight is 423 g/mol. The molecule has 0 aromatic heterocycles. The summed E-state index contributed by atoms with van der Waals surface area (Å²) in [5, 5.41) is 5.45. The minimum absolute atomic E-state index is 0.175. The van der Waals surface area contributed by atoms with Crippen LogP contribution in [-0.4, -0.2) is 48.9 Å². The number of hydrogen-bond acceptors (Lipinski definition) is 5. The van der Waals surface area contributed by atoms with Crippen LogP contribution in [0.25, 0.3) is 0 Å². The number of amides is 4. The molecule has 1 fully saturated rings. The predicted octanol–water partition coefficient (Wildman–Crippen LogP) is 1.75. The summed E-state index contributed by atoms with van der Waals surface area (Å²) < 4.78 is 4.55. The first-order valence-electron chi connectivity index (χ1n) is 10.0. The second-order valence-corrected chi connectivity index (χ2v) is 7.28. The molecule has 0 spiro atoms. The zero-order chi connectivity index (χ0) is 22.3. The third kappa shape index (κ3) is 5.09. The summed E-state index contributed by atoms with van der Waals surface area (Å²) in [4.78, 5) is 50.5. The number of hydrogen-bond donors (Lipinski definition) is 2. The second kappa shape index (κ2) is 9.88. The highest BCUT2D eigenvalue weighted by molar-refractivity contribution is 6.09. The number of urea groups is 1. The van der Waals surface area contributed by atoms with Crippen molar-refractivity contribution in [3.05, 3.63) is 71.8 Å². The molecule has 1 aliphatic rings. The Morgan fingerprint density at radius 1 is 1.03 bits per heavy atom. The average Bonchev–Trinajstić information content (AvgIpc) is 3.02. The molecule has 8 nitrogen and oxygen atoms in total. The number of benzene rings is 2. The fourth-order valence-electron chi connectivity index (χ4n) is 3.57. The molecular formula is C23H25N3O5. The highest BCUT2D eigenvalue weighted by atomic mass is 16.5. The van der Waals surface area contributed by atoms with Crippen LogP contribution in [0.2, 0.25) is 0 Å². The third-order valence-corrected chi connectivity index (χ3v) is 5.16. The molecule has 162 valence electrons. The van der Waals surface area contributed by atoms with Crippen molar-refractivity contribution < 1.29 is 23.9 Å². The van der Waals surface area contributed by atoms with Crippen molar-refractivity contribution in [1.82, 2.24) is 15.5 Å². The van der Waals surface area contributed by atoms with Crippen LogP contribution in [0, 0.1) is 0 Å². The summed E-state index contributed by atoms with van der Waals surface area (Å²) in [6, 6.07) is 17.8. The zero-order valence-corrected chi connectivity index (χ0v) is 17.3. The van der Waals surface area contributed by atoms with E-state index in [0.29, 0.717) is 12.0 Å². The summed E-state index contributed by atoms with van der Waals surface area (Å²) >= 11 is 0. The van der Waals surface area contributed by atoms with Crippen LogP contribution >= 0.6 is 0 Å². The van der Waals surface area contributed by atoms with Gasteiger partial charge >= 0.3 is 12.0 Å². The number of nitrogens with one attached hydrogen (secondary N) is 2. The monoisotopic (exact) mass is 423 g/mol. The zero-order valence-electron chi connectivity index (χ0n) is 17.3. The van der Waals surface area contributed by atoms with Crippen LogP contribution in [0.15, 0.2) is 60.7 Å². The number of imide groups is 1. The van der Waals surface area contributed by atoms with Crippen LogP contribution in [0.1, 0.15) is 24.0 Å². The van der Waals surface area contributed by atoms with Crippen LogP contribution in [-0.2, 0) is 31.1 Å². The third-order valence-electron chi connectivity index (χ3n) is 5.16. The van der Waals surface area contributed by atoms with Gasteiger partial charge in [-0.05, 0) is 17.5 Å². The molecule has 0 bridgehead atoms. The van der Waals surface area contributed by atoms with Gasteiger partial charge in [0.25, 0.3) is 5.91 Å². The lowest BCUT2D eigenvalue weighted by atomic mass is 9.83. The lowest BCUT2D eigenvalue weighted by Crippen LogP contribution is -2.47. The first-order valence-corrected chi connectivity index (χ1v) is 10.0. The molecule has 2 N–H and O–H groups in total. The van der Waals surface area contributed by atoms with Gasteiger partial charge in [0.1, 0.15) is 6.54 Å². The van der Waals surface area contributed by atoms with Gasteiger partial charge in [0.2, 0.25) is 5.91 Å². The minimum Gasteiger partial charge on any atom is -0.469 e. The molecule has 0 radical (unpaired) electrons. The molecule has 1 heterocycles. The lowest BCUT2D eigenvalue weighted by molar-refractivity contribution is -0.140. The van der Waals surface area contributed by atoms with Gasteiger partial charge in [-0.25, -0.2) is 4.79 Å². The largest absolute Gasteiger partial charge is 0.469 e. The molecule has 2 aromatic carbocycles. The van der Waals surface area contributed by atoms with E-state index in [1.165, 1.54) is 7.11 Å². The van der Waals surface area contributed by atoms with Crippen LogP contribution in [0.5, 0.6) is 0 Å². The number of esters is 1. The SMILES string of the molecule is COC(=O)CCCNC(=O)CN1C(=O)N[C@](Cc2ccccc2)(c2ccccc2)C1=O. The van der Waals surface area contributed by atoms with Gasteiger partial charge in [0.15, 0.2) is 5.54 Å². The van der Waals surface area contributed by atoms with Crippen LogP contribution < -0.4 is 10.6 Å². The van der Waals surface area contributed by atoms with Crippen molar-refractivity contribution in [1.29, 1.82) is 0 Å². The van der Waals surface area contributed by atoms with Gasteiger partial charge in [-0.1, -0.05) is 60.7 Å². The molecule has 31 heavy (non-hydrogen) atoms. The molecule has 2 aromatic rings. The van der Waals surface area contributed by atoms with E-state index in [4.69, 9.17) is 0 Å². The van der Waals surface area contributed by atoms with E-state index < -0.39 is 29.9 Å². The predicted molar refractivity (Wildman–Crippen MR) is 113 cm³/mol. The van der Waals surface area contributed by atoms with E-state index in [9.17, 15) is 19.2 Å². The lowest BCUT2D eigenvalue weighted by Gasteiger charge is -2.27. The number of carbonyl (C=O) groups excluding carboxylic acids is 4. The van der Waals surface area contributed by atoms with Crippen LogP contribution in [0.3, 0.4) is 0 Å². The molecule has 1 atom stereocenters. The number of nitrogens with zero attached hydrogens (tertiary/aromatic N) is 1. The maximum atomic E-state index is 13.4. The molecular weight excluding hydrogens is 398 g/mol. The highest BCUT2D eigenvalue weighted by Gasteiger charge is 2.52. The Morgan fingerprint density at radius 3 is 2.32 bits per heavy atom. The minimum atomic E-state index is -1.29. The Kier molecular flexibility index (Phi) is 7.02. The van der Waals surface area contributed by atoms with Crippen molar-refractivity contribution in [2.45, 2.75) is 24.8 Å². The maximum absolute atomic E-state index is 13.4. The molecule has 0 unspecified atom stereocenters. The van der Waals surface area contributed by atoms with Crippen molar-refractivity contribution in [2.24, 2.45) is 0 Å². The second-order valence-electron chi connectivity index (χ2n) is 7.28. The fraction of sp³-hybridized carbons (Fsp3) is 0.304. The van der Waals surface area contributed by atoms with Crippen molar-refractivity contribution in [3.8, 4) is 0 Å². The van der Waals surface area contributed by atoms with Crippen molar-refractivity contribution >= 4 is 23.8 Å². The highest BCUT2D eigenvalue weighted by Crippen LogP contribution is 2.32. The van der Waals surface area contributed by atoms with Gasteiger partial charge in [0.05, 0.1) is 7.11 Å². The Balaban J connectivity index is 1.74. The van der Waals surface area contributed by atoms with E-state index in [2.05, 4.69) is 15.4 Å². The molecule has 1 saturated heterocycles. The number of ether oxygens (including phenoxy) is 1. The van der Waals surface area contributed by atoms with E-state index in [1.807, 2.05) is 36.4 Å². The molecule has 3 rings (SSSR count). The molecule has 0 saturated carbocycles. The van der Waals surface area contributed by atoms with Crippen LogP contribution in [0.4, 0.5) is 4.79 Å². The summed E-state index contributed by atoms with van der Waals surface area (Å²) in [5.41, 5.74) is 0.248. The Hall–Kier alpha value is -3.68. The Labute approximate surface area is 180 Å². The van der Waals surface area contributed by atoms with Gasteiger partial charge in [-0.2, -0.15) is 0 Å². The van der Waals surface area contributed by atoms with Crippen molar-refractivity contribution in [2.75, 3.05) is 20.2 Å². The summed E-state index contributed by atoms with van der Waals surface area (Å²) in [6.45, 7) is -0.155. The van der Waals surface area contributed by atoms with E-state index in [1.54, 1.807) is 24.3 Å². The first kappa shape index (κ1) is 22.0. The smallest absolute Gasteiger partial charge is 0.325 e. The fourth-order valence-corrected chi connectivity index (χ4v) is 3.57. The summed E-state index contributed by atoms with van der Waals surface area (Å²) in [6.07, 6.45) is 0.842. The molecule has 0 aliphatic carbocycles.